The van der Waals surface area contributed by atoms with E-state index >= 15 is 0 Å². The lowest BCUT2D eigenvalue weighted by atomic mass is 9.97. The quantitative estimate of drug-likeness (QED) is 0.419. The Hall–Kier alpha value is -1.31. The van der Waals surface area contributed by atoms with Crippen molar-refractivity contribution in [1.29, 1.82) is 0 Å². The van der Waals surface area contributed by atoms with Gasteiger partial charge in [-0.3, -0.25) is 4.79 Å². The number of carbonyl (C=O) groups excluding carboxylic acids is 1. The van der Waals surface area contributed by atoms with Gasteiger partial charge >= 0.3 is 5.97 Å². The molecule has 0 atom stereocenters. The van der Waals surface area contributed by atoms with Gasteiger partial charge in [0, 0.05) is 6.42 Å². The third-order valence-corrected chi connectivity index (χ3v) is 3.97. The van der Waals surface area contributed by atoms with Gasteiger partial charge in [0.25, 0.3) is 0 Å². The molecule has 0 aliphatic rings. The van der Waals surface area contributed by atoms with E-state index < -0.39 is 0 Å². The molecule has 0 bridgehead atoms. The van der Waals surface area contributed by atoms with Crippen molar-refractivity contribution in [3.05, 3.63) is 35.4 Å². The minimum Gasteiger partial charge on any atom is -0.469 e. The molecule has 1 aromatic rings. The number of carbonyl (C=O) groups is 1. The average Bonchev–Trinajstić information content (AvgIpc) is 2.52. The van der Waals surface area contributed by atoms with Gasteiger partial charge in [0.15, 0.2) is 0 Å². The molecule has 0 N–H and O–H groups in total. The topological polar surface area (TPSA) is 26.3 Å². The van der Waals surface area contributed by atoms with Crippen LogP contribution >= 0.6 is 0 Å². The van der Waals surface area contributed by atoms with Crippen molar-refractivity contribution >= 4 is 5.97 Å². The second-order valence-corrected chi connectivity index (χ2v) is 5.72. The first-order valence-electron chi connectivity index (χ1n) is 8.41. The first-order chi connectivity index (χ1) is 10.3. The zero-order valence-corrected chi connectivity index (χ0v) is 13.7. The van der Waals surface area contributed by atoms with E-state index in [0.29, 0.717) is 6.42 Å². The number of hydrogen-bond acceptors (Lipinski definition) is 2. The van der Waals surface area contributed by atoms with Gasteiger partial charge in [-0.15, -0.1) is 0 Å². The Kier molecular flexibility index (Phi) is 9.60. The first-order valence-corrected chi connectivity index (χ1v) is 8.41. The summed E-state index contributed by atoms with van der Waals surface area (Å²) in [7, 11) is 1.46. The molecule has 21 heavy (non-hydrogen) atoms. The van der Waals surface area contributed by atoms with Crippen LogP contribution in [-0.4, -0.2) is 13.1 Å². The van der Waals surface area contributed by atoms with Gasteiger partial charge in [0.1, 0.15) is 0 Å². The highest BCUT2D eigenvalue weighted by Crippen LogP contribution is 2.16. The molecule has 0 fully saturated rings. The number of hydrogen-bond donors (Lipinski definition) is 0. The summed E-state index contributed by atoms with van der Waals surface area (Å²) >= 11 is 0. The summed E-state index contributed by atoms with van der Waals surface area (Å²) in [5, 5.41) is 0. The van der Waals surface area contributed by atoms with Gasteiger partial charge < -0.3 is 4.74 Å². The number of ether oxygens (including phenoxy) is 1. The highest BCUT2D eigenvalue weighted by atomic mass is 16.5. The van der Waals surface area contributed by atoms with Gasteiger partial charge in [-0.1, -0.05) is 56.9 Å². The smallest absolute Gasteiger partial charge is 0.305 e. The van der Waals surface area contributed by atoms with Crippen molar-refractivity contribution < 1.29 is 9.53 Å². The average molecular weight is 290 g/mol. The molecule has 2 heteroatoms. The normalized spacial score (nSPS) is 10.6. The van der Waals surface area contributed by atoms with Gasteiger partial charge in [0.05, 0.1) is 7.11 Å². The predicted molar refractivity (Wildman–Crippen MR) is 88.5 cm³/mol. The van der Waals surface area contributed by atoms with E-state index in [0.717, 1.165) is 12.8 Å². The minimum atomic E-state index is -0.0835. The van der Waals surface area contributed by atoms with Crippen molar-refractivity contribution in [2.45, 2.75) is 71.1 Å². The molecule has 118 valence electrons. The SMILES string of the molecule is CCCCc1ccccc1CCCCCCCC(=O)OC. The number of rotatable bonds is 11. The third-order valence-electron chi connectivity index (χ3n) is 3.97. The molecular formula is C19H30O2. The van der Waals surface area contributed by atoms with Gasteiger partial charge in [-0.05, 0) is 43.2 Å². The number of benzene rings is 1. The molecular weight excluding hydrogens is 260 g/mol. The van der Waals surface area contributed by atoms with Gasteiger partial charge in [0.2, 0.25) is 0 Å². The summed E-state index contributed by atoms with van der Waals surface area (Å²) < 4.78 is 4.64. The van der Waals surface area contributed by atoms with Crippen LogP contribution in [0.5, 0.6) is 0 Å². The summed E-state index contributed by atoms with van der Waals surface area (Å²) in [5.74, 6) is -0.0835. The molecule has 0 saturated carbocycles. The molecule has 1 aromatic carbocycles. The molecule has 0 aromatic heterocycles. The number of aryl methyl sites for hydroxylation is 2. The summed E-state index contributed by atoms with van der Waals surface area (Å²) in [5.41, 5.74) is 3.06. The van der Waals surface area contributed by atoms with E-state index in [1.54, 1.807) is 0 Å². The Labute approximate surface area is 129 Å². The highest BCUT2D eigenvalue weighted by Gasteiger charge is 2.02. The van der Waals surface area contributed by atoms with Gasteiger partial charge in [-0.25, -0.2) is 0 Å². The second kappa shape index (κ2) is 11.4. The fourth-order valence-electron chi connectivity index (χ4n) is 2.63. The second-order valence-electron chi connectivity index (χ2n) is 5.72. The number of unbranched alkanes of at least 4 members (excludes halogenated alkanes) is 5. The van der Waals surface area contributed by atoms with Crippen molar-refractivity contribution in [3.63, 3.8) is 0 Å². The minimum absolute atomic E-state index is 0.0835. The Bertz CT molecular complexity index is 398. The fourth-order valence-corrected chi connectivity index (χ4v) is 2.63. The lowest BCUT2D eigenvalue weighted by Crippen LogP contribution is -1.99. The first kappa shape index (κ1) is 17.7. The predicted octanol–water partition coefficient (Wildman–Crippen LogP) is 5.09. The molecule has 0 radical (unpaired) electrons. The van der Waals surface area contributed by atoms with E-state index in [9.17, 15) is 4.79 Å². The van der Waals surface area contributed by atoms with Crippen LogP contribution in [0.15, 0.2) is 24.3 Å². The standard InChI is InChI=1S/C19H30O2/c1-3-4-12-17-14-10-11-15-18(17)13-8-6-5-7-9-16-19(20)21-2/h10-11,14-15H,3-9,12-13,16H2,1-2H3. The fraction of sp³-hybridized carbons (Fsp3) is 0.632. The van der Waals surface area contributed by atoms with Crippen molar-refractivity contribution in [1.82, 2.24) is 0 Å². The number of methoxy groups -OCH3 is 1. The van der Waals surface area contributed by atoms with Gasteiger partial charge in [-0.2, -0.15) is 0 Å². The maximum Gasteiger partial charge on any atom is 0.305 e. The van der Waals surface area contributed by atoms with Crippen LogP contribution in [0.2, 0.25) is 0 Å². The zero-order valence-electron chi connectivity index (χ0n) is 13.7. The summed E-state index contributed by atoms with van der Waals surface area (Å²) in [6, 6.07) is 8.87. The maximum atomic E-state index is 11.0. The molecule has 0 amide bonds. The van der Waals surface area contributed by atoms with E-state index in [4.69, 9.17) is 0 Å². The Morgan fingerprint density at radius 2 is 1.48 bits per heavy atom. The van der Waals surface area contributed by atoms with E-state index in [2.05, 4.69) is 35.9 Å². The summed E-state index contributed by atoms with van der Waals surface area (Å²) in [6.45, 7) is 2.25. The lowest BCUT2D eigenvalue weighted by molar-refractivity contribution is -0.140. The van der Waals surface area contributed by atoms with Crippen LogP contribution in [0.3, 0.4) is 0 Å². The Morgan fingerprint density at radius 1 is 0.905 bits per heavy atom. The molecule has 1 rings (SSSR count). The molecule has 0 aliphatic carbocycles. The Balaban J connectivity index is 2.16. The van der Waals surface area contributed by atoms with E-state index in [1.807, 2.05) is 0 Å². The lowest BCUT2D eigenvalue weighted by Gasteiger charge is -2.09. The van der Waals surface area contributed by atoms with Crippen LogP contribution in [0, 0.1) is 0 Å². The highest BCUT2D eigenvalue weighted by molar-refractivity contribution is 5.68. The van der Waals surface area contributed by atoms with Crippen LogP contribution in [0.4, 0.5) is 0 Å². The number of esters is 1. The van der Waals surface area contributed by atoms with Crippen molar-refractivity contribution in [3.8, 4) is 0 Å². The van der Waals surface area contributed by atoms with Crippen LogP contribution in [0.1, 0.15) is 69.4 Å². The van der Waals surface area contributed by atoms with Crippen molar-refractivity contribution in [2.24, 2.45) is 0 Å². The molecule has 0 saturated heterocycles. The molecule has 0 heterocycles. The molecule has 0 aliphatic heterocycles. The summed E-state index contributed by atoms with van der Waals surface area (Å²) in [6.07, 6.45) is 11.3. The maximum absolute atomic E-state index is 11.0. The monoisotopic (exact) mass is 290 g/mol. The third kappa shape index (κ3) is 7.89. The summed E-state index contributed by atoms with van der Waals surface area (Å²) in [4.78, 5) is 11.0. The Morgan fingerprint density at radius 3 is 2.10 bits per heavy atom. The van der Waals surface area contributed by atoms with Crippen LogP contribution in [0.25, 0.3) is 0 Å². The van der Waals surface area contributed by atoms with Crippen LogP contribution in [-0.2, 0) is 22.4 Å². The van der Waals surface area contributed by atoms with Crippen molar-refractivity contribution in [2.75, 3.05) is 7.11 Å². The molecule has 0 spiro atoms. The largest absolute Gasteiger partial charge is 0.469 e. The molecule has 0 unspecified atom stereocenters. The van der Waals surface area contributed by atoms with E-state index in [-0.39, 0.29) is 5.97 Å². The zero-order chi connectivity index (χ0) is 15.3. The molecule has 2 nitrogen and oxygen atoms in total. The van der Waals surface area contributed by atoms with Crippen LogP contribution < -0.4 is 0 Å². The van der Waals surface area contributed by atoms with E-state index in [1.165, 1.54) is 63.2 Å².